The van der Waals surface area contributed by atoms with Crippen molar-refractivity contribution in [2.45, 2.75) is 19.4 Å². The van der Waals surface area contributed by atoms with Crippen LogP contribution in [0.15, 0.2) is 48.8 Å². The number of hydrogen-bond donors (Lipinski definition) is 2. The number of nitrogens with one attached hydrogen (secondary N) is 1. The third-order valence-corrected chi connectivity index (χ3v) is 3.56. The van der Waals surface area contributed by atoms with Crippen molar-refractivity contribution in [1.29, 1.82) is 0 Å². The van der Waals surface area contributed by atoms with Gasteiger partial charge in [0, 0.05) is 11.8 Å². The highest BCUT2D eigenvalue weighted by Gasteiger charge is 2.23. The van der Waals surface area contributed by atoms with E-state index >= 15 is 0 Å². The van der Waals surface area contributed by atoms with Crippen molar-refractivity contribution in [1.82, 2.24) is 19.9 Å². The van der Waals surface area contributed by atoms with E-state index in [0.29, 0.717) is 11.2 Å². The molecule has 0 bridgehead atoms. The van der Waals surface area contributed by atoms with Crippen LogP contribution in [0.3, 0.4) is 0 Å². The zero-order valence-corrected chi connectivity index (χ0v) is 13.0. The fraction of sp³-hybridized carbons (Fsp3) is 0.235. The normalized spacial score (nSPS) is 11.6. The van der Waals surface area contributed by atoms with Crippen LogP contribution >= 0.6 is 0 Å². The zero-order valence-electron chi connectivity index (χ0n) is 13.0. The molecule has 0 radical (unpaired) electrons. The van der Waals surface area contributed by atoms with Crippen molar-refractivity contribution in [3.05, 3.63) is 54.4 Å². The average molecular weight is 310 g/mol. The van der Waals surface area contributed by atoms with Crippen molar-refractivity contribution >= 4 is 11.6 Å². The number of nitrogens with zero attached hydrogens (tertiary/aromatic N) is 3. The summed E-state index contributed by atoms with van der Waals surface area (Å²) >= 11 is 0. The summed E-state index contributed by atoms with van der Waals surface area (Å²) in [5, 5.41) is 16.4. The number of aromatic nitrogens is 3. The molecule has 2 heterocycles. The lowest BCUT2D eigenvalue weighted by molar-refractivity contribution is 0.0871. The van der Waals surface area contributed by atoms with E-state index in [4.69, 9.17) is 0 Å². The first-order valence-electron chi connectivity index (χ1n) is 7.33. The van der Waals surface area contributed by atoms with E-state index in [1.807, 2.05) is 36.4 Å². The molecular weight excluding hydrogens is 292 g/mol. The molecule has 23 heavy (non-hydrogen) atoms. The van der Waals surface area contributed by atoms with Gasteiger partial charge in [-0.05, 0) is 19.9 Å². The Morgan fingerprint density at radius 2 is 2.00 bits per heavy atom. The summed E-state index contributed by atoms with van der Waals surface area (Å²) in [6, 6.07) is 11.6. The van der Waals surface area contributed by atoms with E-state index in [1.165, 1.54) is 6.20 Å². The van der Waals surface area contributed by atoms with Gasteiger partial charge in [-0.1, -0.05) is 30.3 Å². The minimum atomic E-state index is -0.706. The number of aliphatic hydroxyl groups excluding tert-OH is 1. The standard InChI is InChI=1S/C17H18N4O2/c1-17(2,11-22)20-16(23)13-10-19-21-14(8-9-18-15(13)21)12-6-4-3-5-7-12/h3-10,22H,11H2,1-2H3,(H,20,23). The summed E-state index contributed by atoms with van der Waals surface area (Å²) in [5.74, 6) is -0.309. The van der Waals surface area contributed by atoms with E-state index in [9.17, 15) is 9.90 Å². The number of rotatable bonds is 4. The summed E-state index contributed by atoms with van der Waals surface area (Å²) in [6.07, 6.45) is 3.16. The van der Waals surface area contributed by atoms with Gasteiger partial charge >= 0.3 is 0 Å². The van der Waals surface area contributed by atoms with Gasteiger partial charge in [0.1, 0.15) is 5.56 Å². The highest BCUT2D eigenvalue weighted by molar-refractivity contribution is 6.00. The fourth-order valence-electron chi connectivity index (χ4n) is 2.29. The Kier molecular flexibility index (Phi) is 3.83. The third kappa shape index (κ3) is 2.93. The maximum absolute atomic E-state index is 12.4. The highest BCUT2D eigenvalue weighted by Crippen LogP contribution is 2.20. The number of fused-ring (bicyclic) bond motifs is 1. The van der Waals surface area contributed by atoms with Crippen LogP contribution < -0.4 is 5.32 Å². The molecule has 118 valence electrons. The molecule has 0 aliphatic carbocycles. The SMILES string of the molecule is CC(C)(CO)NC(=O)c1cnn2c(-c3ccccc3)ccnc12. The molecule has 2 aromatic heterocycles. The number of carbonyl (C=O) groups excluding carboxylic acids is 1. The van der Waals surface area contributed by atoms with E-state index in [1.54, 1.807) is 24.6 Å². The number of carbonyl (C=O) groups is 1. The monoisotopic (exact) mass is 310 g/mol. The van der Waals surface area contributed by atoms with Crippen molar-refractivity contribution in [2.75, 3.05) is 6.61 Å². The van der Waals surface area contributed by atoms with E-state index in [0.717, 1.165) is 11.3 Å². The predicted molar refractivity (Wildman–Crippen MR) is 87.1 cm³/mol. The van der Waals surface area contributed by atoms with Crippen LogP contribution in [0, 0.1) is 0 Å². The highest BCUT2D eigenvalue weighted by atomic mass is 16.3. The average Bonchev–Trinajstić information content (AvgIpc) is 2.99. The molecule has 0 spiro atoms. The molecule has 0 fully saturated rings. The zero-order chi connectivity index (χ0) is 16.4. The van der Waals surface area contributed by atoms with Crippen LogP contribution in [0.1, 0.15) is 24.2 Å². The van der Waals surface area contributed by atoms with E-state index < -0.39 is 5.54 Å². The van der Waals surface area contributed by atoms with Gasteiger partial charge in [0.15, 0.2) is 5.65 Å². The molecule has 6 nitrogen and oxygen atoms in total. The smallest absolute Gasteiger partial charge is 0.257 e. The number of benzene rings is 1. The maximum atomic E-state index is 12.4. The quantitative estimate of drug-likeness (QED) is 0.771. The summed E-state index contributed by atoms with van der Waals surface area (Å²) < 4.78 is 1.65. The van der Waals surface area contributed by atoms with Crippen LogP contribution in [0.2, 0.25) is 0 Å². The number of aliphatic hydroxyl groups is 1. The van der Waals surface area contributed by atoms with Gasteiger partial charge in [0.25, 0.3) is 5.91 Å². The topological polar surface area (TPSA) is 79.5 Å². The van der Waals surface area contributed by atoms with Gasteiger partial charge < -0.3 is 10.4 Å². The predicted octanol–water partition coefficient (Wildman–Crippen LogP) is 1.90. The molecule has 0 saturated heterocycles. The Morgan fingerprint density at radius 3 is 2.70 bits per heavy atom. The molecule has 6 heteroatoms. The molecule has 1 amide bonds. The first-order valence-corrected chi connectivity index (χ1v) is 7.33. The number of hydrogen-bond acceptors (Lipinski definition) is 4. The lowest BCUT2D eigenvalue weighted by Crippen LogP contribution is -2.46. The Labute approximate surface area is 133 Å². The molecule has 1 aromatic carbocycles. The Morgan fingerprint density at radius 1 is 1.26 bits per heavy atom. The van der Waals surface area contributed by atoms with Crippen molar-refractivity contribution in [3.63, 3.8) is 0 Å². The fourth-order valence-corrected chi connectivity index (χ4v) is 2.29. The van der Waals surface area contributed by atoms with Gasteiger partial charge in [-0.3, -0.25) is 4.79 Å². The lowest BCUT2D eigenvalue weighted by Gasteiger charge is -2.22. The molecule has 2 N–H and O–H groups in total. The second kappa shape index (κ2) is 5.81. The Bertz CT molecular complexity index is 840. The van der Waals surface area contributed by atoms with Gasteiger partial charge in [0.2, 0.25) is 0 Å². The van der Waals surface area contributed by atoms with Crippen molar-refractivity contribution < 1.29 is 9.90 Å². The molecule has 0 atom stereocenters. The van der Waals surface area contributed by atoms with E-state index in [-0.39, 0.29) is 12.5 Å². The Balaban J connectivity index is 2.04. The van der Waals surface area contributed by atoms with Crippen LogP contribution in [0.4, 0.5) is 0 Å². The van der Waals surface area contributed by atoms with Crippen LogP contribution in [-0.2, 0) is 0 Å². The lowest BCUT2D eigenvalue weighted by atomic mass is 10.1. The Hall–Kier alpha value is -2.73. The summed E-state index contributed by atoms with van der Waals surface area (Å²) in [5.41, 5.74) is 2.01. The molecule has 0 aliphatic rings. The third-order valence-electron chi connectivity index (χ3n) is 3.56. The van der Waals surface area contributed by atoms with Gasteiger partial charge in [-0.25, -0.2) is 9.50 Å². The van der Waals surface area contributed by atoms with Crippen LogP contribution in [0.5, 0.6) is 0 Å². The summed E-state index contributed by atoms with van der Waals surface area (Å²) in [6.45, 7) is 3.35. The molecular formula is C17H18N4O2. The number of amides is 1. The molecule has 3 rings (SSSR count). The van der Waals surface area contributed by atoms with Crippen LogP contribution in [-0.4, -0.2) is 37.8 Å². The minimum absolute atomic E-state index is 0.152. The van der Waals surface area contributed by atoms with E-state index in [2.05, 4.69) is 15.4 Å². The second-order valence-electron chi connectivity index (χ2n) is 5.99. The molecule has 0 unspecified atom stereocenters. The molecule has 3 aromatic rings. The van der Waals surface area contributed by atoms with Gasteiger partial charge in [0.05, 0.1) is 24.0 Å². The van der Waals surface area contributed by atoms with Crippen molar-refractivity contribution in [3.8, 4) is 11.3 Å². The first kappa shape index (κ1) is 15.2. The summed E-state index contributed by atoms with van der Waals surface area (Å²) in [7, 11) is 0. The minimum Gasteiger partial charge on any atom is -0.394 e. The molecule has 0 saturated carbocycles. The first-order chi connectivity index (χ1) is 11.0. The van der Waals surface area contributed by atoms with Gasteiger partial charge in [-0.15, -0.1) is 0 Å². The largest absolute Gasteiger partial charge is 0.394 e. The van der Waals surface area contributed by atoms with Crippen LogP contribution in [0.25, 0.3) is 16.9 Å². The second-order valence-corrected chi connectivity index (χ2v) is 5.99. The van der Waals surface area contributed by atoms with Gasteiger partial charge in [-0.2, -0.15) is 5.10 Å². The summed E-state index contributed by atoms with van der Waals surface area (Å²) in [4.78, 5) is 16.7. The van der Waals surface area contributed by atoms with Crippen molar-refractivity contribution in [2.24, 2.45) is 0 Å². The maximum Gasteiger partial charge on any atom is 0.257 e. The molecule has 0 aliphatic heterocycles.